The van der Waals surface area contributed by atoms with E-state index in [2.05, 4.69) is 35.6 Å². The van der Waals surface area contributed by atoms with Gasteiger partial charge in [0.15, 0.2) is 0 Å². The van der Waals surface area contributed by atoms with Gasteiger partial charge >= 0.3 is 0 Å². The third kappa shape index (κ3) is 1.48. The van der Waals surface area contributed by atoms with E-state index in [1.807, 2.05) is 6.07 Å². The number of nitrogens with zero attached hydrogens (tertiary/aromatic N) is 2. The first-order valence-corrected chi connectivity index (χ1v) is 7.52. The molecular weight excluding hydrogens is 264 g/mol. The summed E-state index contributed by atoms with van der Waals surface area (Å²) in [6, 6.07) is 6.26. The molecule has 0 radical (unpaired) electrons. The van der Waals surface area contributed by atoms with Gasteiger partial charge < -0.3 is 14.2 Å². The molecule has 2 aliphatic heterocycles. The summed E-state index contributed by atoms with van der Waals surface area (Å²) in [6.45, 7) is 3.05. The number of carbonyl (C=O) groups is 1. The number of amides is 1. The van der Waals surface area contributed by atoms with E-state index in [9.17, 15) is 4.79 Å². The number of benzene rings is 1. The minimum atomic E-state index is -0.147. The minimum absolute atomic E-state index is 0.147. The van der Waals surface area contributed by atoms with Crippen LogP contribution in [0.3, 0.4) is 0 Å². The van der Waals surface area contributed by atoms with Crippen molar-refractivity contribution in [3.8, 4) is 5.75 Å². The summed E-state index contributed by atoms with van der Waals surface area (Å²) in [5.41, 5.74) is 3.78. The predicted molar refractivity (Wildman–Crippen MR) is 81.5 cm³/mol. The number of ether oxygens (including phenoxy) is 1. The fraction of sp³-hybridized carbons (Fsp3) is 0.471. The molecule has 1 saturated heterocycles. The molecule has 0 saturated carbocycles. The number of fused-ring (bicyclic) bond motifs is 5. The molecule has 1 fully saturated rings. The molecule has 0 N–H and O–H groups in total. The third-order valence-electron chi connectivity index (χ3n) is 5.33. The van der Waals surface area contributed by atoms with E-state index in [0.29, 0.717) is 12.3 Å². The van der Waals surface area contributed by atoms with Crippen molar-refractivity contribution in [2.75, 3.05) is 13.7 Å². The predicted octanol–water partition coefficient (Wildman–Crippen LogP) is 2.58. The van der Waals surface area contributed by atoms with Gasteiger partial charge in [0.25, 0.3) is 0 Å². The van der Waals surface area contributed by atoms with Crippen LogP contribution >= 0.6 is 0 Å². The number of carbonyl (C=O) groups excluding carboxylic acids is 1. The van der Waals surface area contributed by atoms with E-state index in [0.717, 1.165) is 25.1 Å². The lowest BCUT2D eigenvalue weighted by Crippen LogP contribution is -2.46. The smallest absolute Gasteiger partial charge is 0.223 e. The van der Waals surface area contributed by atoms with Crippen LogP contribution in [0.1, 0.15) is 31.0 Å². The summed E-state index contributed by atoms with van der Waals surface area (Å²) in [5.74, 6) is 1.19. The van der Waals surface area contributed by atoms with E-state index >= 15 is 0 Å². The Morgan fingerprint density at radius 2 is 2.10 bits per heavy atom. The van der Waals surface area contributed by atoms with Crippen LogP contribution in [0.15, 0.2) is 18.2 Å². The maximum absolute atomic E-state index is 12.1. The lowest BCUT2D eigenvalue weighted by Gasteiger charge is -2.40. The first-order valence-electron chi connectivity index (χ1n) is 7.52. The second kappa shape index (κ2) is 4.03. The number of methoxy groups -OCH3 is 1. The summed E-state index contributed by atoms with van der Waals surface area (Å²) in [5, 5.41) is 1.27. The van der Waals surface area contributed by atoms with E-state index in [-0.39, 0.29) is 5.54 Å². The Morgan fingerprint density at radius 3 is 2.86 bits per heavy atom. The first-order chi connectivity index (χ1) is 10.1. The van der Waals surface area contributed by atoms with Crippen LogP contribution in [0.5, 0.6) is 5.75 Å². The lowest BCUT2D eigenvalue weighted by atomic mass is 9.86. The summed E-state index contributed by atoms with van der Waals surface area (Å²) in [7, 11) is 3.82. The molecule has 110 valence electrons. The van der Waals surface area contributed by atoms with Gasteiger partial charge in [0.2, 0.25) is 5.91 Å². The van der Waals surface area contributed by atoms with Crippen molar-refractivity contribution >= 4 is 16.8 Å². The van der Waals surface area contributed by atoms with Crippen molar-refractivity contribution in [2.45, 2.75) is 31.7 Å². The molecule has 1 aromatic heterocycles. The molecule has 3 heterocycles. The van der Waals surface area contributed by atoms with Crippen LogP contribution in [-0.4, -0.2) is 29.0 Å². The maximum atomic E-state index is 12.1. The van der Waals surface area contributed by atoms with E-state index in [1.54, 1.807) is 7.11 Å². The number of aryl methyl sites for hydroxylation is 1. The Labute approximate surface area is 124 Å². The highest BCUT2D eigenvalue weighted by Crippen LogP contribution is 2.46. The molecule has 0 aliphatic carbocycles. The summed E-state index contributed by atoms with van der Waals surface area (Å²) in [6.07, 6.45) is 2.52. The van der Waals surface area contributed by atoms with Crippen LogP contribution in [-0.2, 0) is 23.8 Å². The van der Waals surface area contributed by atoms with Crippen LogP contribution in [0, 0.1) is 0 Å². The Balaban J connectivity index is 2.02. The van der Waals surface area contributed by atoms with Gasteiger partial charge in [0, 0.05) is 36.6 Å². The monoisotopic (exact) mass is 284 g/mol. The van der Waals surface area contributed by atoms with Gasteiger partial charge in [-0.05, 0) is 43.5 Å². The second-order valence-electron chi connectivity index (χ2n) is 6.34. The molecule has 1 unspecified atom stereocenters. The molecule has 0 spiro atoms. The Morgan fingerprint density at radius 1 is 1.29 bits per heavy atom. The Kier molecular flexibility index (Phi) is 2.44. The second-order valence-corrected chi connectivity index (χ2v) is 6.34. The topological polar surface area (TPSA) is 34.5 Å². The summed E-state index contributed by atoms with van der Waals surface area (Å²) in [4.78, 5) is 14.2. The van der Waals surface area contributed by atoms with Gasteiger partial charge in [-0.1, -0.05) is 0 Å². The molecule has 0 bridgehead atoms. The van der Waals surface area contributed by atoms with Crippen LogP contribution in [0.25, 0.3) is 10.9 Å². The molecule has 4 nitrogen and oxygen atoms in total. The first kappa shape index (κ1) is 12.7. The van der Waals surface area contributed by atoms with Crippen LogP contribution in [0.2, 0.25) is 0 Å². The zero-order valence-electron chi connectivity index (χ0n) is 12.8. The van der Waals surface area contributed by atoms with Crippen molar-refractivity contribution in [3.05, 3.63) is 29.5 Å². The largest absolute Gasteiger partial charge is 0.497 e. The van der Waals surface area contributed by atoms with Gasteiger partial charge in [-0.25, -0.2) is 0 Å². The van der Waals surface area contributed by atoms with Gasteiger partial charge in [-0.15, -0.1) is 0 Å². The number of aromatic nitrogens is 1. The number of hydrogen-bond acceptors (Lipinski definition) is 2. The molecule has 1 aromatic carbocycles. The minimum Gasteiger partial charge on any atom is -0.497 e. The molecule has 4 rings (SSSR count). The van der Waals surface area contributed by atoms with E-state index in [1.165, 1.54) is 22.2 Å². The van der Waals surface area contributed by atoms with Crippen LogP contribution in [0.4, 0.5) is 0 Å². The molecular formula is C17H20N2O2. The average Bonchev–Trinajstić information content (AvgIpc) is 2.95. The molecule has 2 aromatic rings. The fourth-order valence-corrected chi connectivity index (χ4v) is 4.30. The SMILES string of the molecule is COc1ccc2c(c1)c1c(n2C)C2(C)CCC(=O)N2CC1. The molecule has 4 heteroatoms. The fourth-order valence-electron chi connectivity index (χ4n) is 4.30. The average molecular weight is 284 g/mol. The highest BCUT2D eigenvalue weighted by atomic mass is 16.5. The van der Waals surface area contributed by atoms with Gasteiger partial charge in [0.05, 0.1) is 12.6 Å². The number of hydrogen-bond donors (Lipinski definition) is 0. The van der Waals surface area contributed by atoms with Crippen molar-refractivity contribution in [1.82, 2.24) is 9.47 Å². The maximum Gasteiger partial charge on any atom is 0.223 e. The van der Waals surface area contributed by atoms with Crippen molar-refractivity contribution in [1.29, 1.82) is 0 Å². The van der Waals surface area contributed by atoms with Crippen molar-refractivity contribution in [2.24, 2.45) is 7.05 Å². The summed E-state index contributed by atoms with van der Waals surface area (Å²) < 4.78 is 7.65. The van der Waals surface area contributed by atoms with Crippen molar-refractivity contribution in [3.63, 3.8) is 0 Å². The Hall–Kier alpha value is -1.97. The third-order valence-corrected chi connectivity index (χ3v) is 5.33. The van der Waals surface area contributed by atoms with E-state index in [4.69, 9.17) is 4.74 Å². The van der Waals surface area contributed by atoms with Crippen molar-refractivity contribution < 1.29 is 9.53 Å². The zero-order chi connectivity index (χ0) is 14.8. The van der Waals surface area contributed by atoms with Crippen LogP contribution < -0.4 is 4.74 Å². The Bertz CT molecular complexity index is 762. The van der Waals surface area contributed by atoms with E-state index < -0.39 is 0 Å². The molecule has 1 amide bonds. The van der Waals surface area contributed by atoms with Gasteiger partial charge in [0.1, 0.15) is 5.75 Å². The zero-order valence-corrected chi connectivity index (χ0v) is 12.8. The quantitative estimate of drug-likeness (QED) is 0.806. The molecule has 1 atom stereocenters. The highest BCUT2D eigenvalue weighted by molar-refractivity contribution is 5.89. The standard InChI is InChI=1S/C17H20N2O2/c1-17-8-6-15(20)19(17)9-7-12-13-10-11(21-3)4-5-14(13)18(2)16(12)17/h4-5,10H,6-9H2,1-3H3. The lowest BCUT2D eigenvalue weighted by molar-refractivity contribution is -0.131. The highest BCUT2D eigenvalue weighted by Gasteiger charge is 2.48. The normalized spacial score (nSPS) is 24.3. The molecule has 21 heavy (non-hydrogen) atoms. The van der Waals surface area contributed by atoms with Gasteiger partial charge in [-0.2, -0.15) is 0 Å². The molecule has 2 aliphatic rings. The number of rotatable bonds is 1. The summed E-state index contributed by atoms with van der Waals surface area (Å²) >= 11 is 0. The van der Waals surface area contributed by atoms with Gasteiger partial charge in [-0.3, -0.25) is 4.79 Å².